The standard InChI is InChI=1S/C16H25NO3/c1-19-12-6-4-2-3-5-7-13-20-15-10-8-14(9-11-15)16(17)18/h8-11H,2-7,12-13H2,1H3,(H2,17,18). The van der Waals surface area contributed by atoms with Crippen LogP contribution >= 0.6 is 0 Å². The zero-order valence-corrected chi connectivity index (χ0v) is 12.3. The van der Waals surface area contributed by atoms with Crippen LogP contribution < -0.4 is 10.5 Å². The molecule has 0 aromatic heterocycles. The molecule has 0 aliphatic rings. The molecule has 1 aromatic rings. The second-order valence-electron chi connectivity index (χ2n) is 4.85. The molecule has 0 spiro atoms. The lowest BCUT2D eigenvalue weighted by Crippen LogP contribution is -2.10. The number of methoxy groups -OCH3 is 1. The molecule has 0 heterocycles. The van der Waals surface area contributed by atoms with Gasteiger partial charge in [-0.15, -0.1) is 0 Å². The molecular formula is C16H25NO3. The highest BCUT2D eigenvalue weighted by Gasteiger charge is 2.00. The second kappa shape index (κ2) is 10.3. The molecular weight excluding hydrogens is 254 g/mol. The molecule has 4 heteroatoms. The number of hydrogen-bond donors (Lipinski definition) is 1. The quantitative estimate of drug-likeness (QED) is 0.633. The molecule has 1 rings (SSSR count). The lowest BCUT2D eigenvalue weighted by Gasteiger charge is -2.06. The summed E-state index contributed by atoms with van der Waals surface area (Å²) >= 11 is 0. The Morgan fingerprint density at radius 2 is 1.50 bits per heavy atom. The van der Waals surface area contributed by atoms with Gasteiger partial charge in [0, 0.05) is 19.3 Å². The number of carbonyl (C=O) groups excluding carboxylic acids is 1. The van der Waals surface area contributed by atoms with Gasteiger partial charge in [-0.25, -0.2) is 0 Å². The Morgan fingerprint density at radius 3 is 2.05 bits per heavy atom. The fourth-order valence-electron chi connectivity index (χ4n) is 1.96. The summed E-state index contributed by atoms with van der Waals surface area (Å²) in [5.41, 5.74) is 5.68. The summed E-state index contributed by atoms with van der Waals surface area (Å²) in [6.07, 6.45) is 7.14. The highest BCUT2D eigenvalue weighted by atomic mass is 16.5. The second-order valence-corrected chi connectivity index (χ2v) is 4.85. The highest BCUT2D eigenvalue weighted by Crippen LogP contribution is 2.13. The summed E-state index contributed by atoms with van der Waals surface area (Å²) in [5.74, 6) is 0.375. The van der Waals surface area contributed by atoms with Crippen LogP contribution in [0.5, 0.6) is 5.75 Å². The zero-order chi connectivity index (χ0) is 14.6. The average molecular weight is 279 g/mol. The minimum absolute atomic E-state index is 0.412. The Bertz CT molecular complexity index is 376. The highest BCUT2D eigenvalue weighted by molar-refractivity contribution is 5.92. The third-order valence-electron chi connectivity index (χ3n) is 3.15. The smallest absolute Gasteiger partial charge is 0.248 e. The lowest BCUT2D eigenvalue weighted by atomic mass is 10.1. The van der Waals surface area contributed by atoms with Gasteiger partial charge in [-0.3, -0.25) is 4.79 Å². The lowest BCUT2D eigenvalue weighted by molar-refractivity contribution is 0.100. The minimum Gasteiger partial charge on any atom is -0.494 e. The van der Waals surface area contributed by atoms with Gasteiger partial charge in [-0.2, -0.15) is 0 Å². The molecule has 0 unspecified atom stereocenters. The number of primary amides is 1. The largest absolute Gasteiger partial charge is 0.494 e. The number of amides is 1. The predicted molar refractivity (Wildman–Crippen MR) is 80.0 cm³/mol. The maximum atomic E-state index is 10.9. The third kappa shape index (κ3) is 7.14. The summed E-state index contributed by atoms with van der Waals surface area (Å²) in [5, 5.41) is 0. The molecule has 0 bridgehead atoms. The van der Waals surface area contributed by atoms with E-state index in [1.54, 1.807) is 31.4 Å². The van der Waals surface area contributed by atoms with Crippen molar-refractivity contribution in [3.63, 3.8) is 0 Å². The first-order chi connectivity index (χ1) is 9.74. The van der Waals surface area contributed by atoms with Crippen LogP contribution in [0.1, 0.15) is 48.9 Å². The van der Waals surface area contributed by atoms with Gasteiger partial charge in [0.1, 0.15) is 5.75 Å². The van der Waals surface area contributed by atoms with E-state index in [1.807, 2.05) is 0 Å². The Kier molecular flexibility index (Phi) is 8.47. The first kappa shape index (κ1) is 16.5. The van der Waals surface area contributed by atoms with Crippen molar-refractivity contribution in [2.75, 3.05) is 20.3 Å². The first-order valence-electron chi connectivity index (χ1n) is 7.25. The molecule has 0 saturated heterocycles. The van der Waals surface area contributed by atoms with Gasteiger partial charge >= 0.3 is 0 Å². The van der Waals surface area contributed by atoms with Crippen molar-refractivity contribution >= 4 is 5.91 Å². The summed E-state index contributed by atoms with van der Waals surface area (Å²) in [6.45, 7) is 1.58. The van der Waals surface area contributed by atoms with E-state index in [0.717, 1.165) is 25.2 Å². The fraction of sp³-hybridized carbons (Fsp3) is 0.562. The predicted octanol–water partition coefficient (Wildman–Crippen LogP) is 3.15. The van der Waals surface area contributed by atoms with Crippen LogP contribution in [0, 0.1) is 0 Å². The summed E-state index contributed by atoms with van der Waals surface area (Å²) in [4.78, 5) is 10.9. The van der Waals surface area contributed by atoms with Gasteiger partial charge in [-0.1, -0.05) is 25.7 Å². The van der Waals surface area contributed by atoms with Crippen LogP contribution in [-0.4, -0.2) is 26.2 Å². The van der Waals surface area contributed by atoms with Crippen LogP contribution in [0.2, 0.25) is 0 Å². The average Bonchev–Trinajstić information content (AvgIpc) is 2.46. The summed E-state index contributed by atoms with van der Waals surface area (Å²) < 4.78 is 10.6. The van der Waals surface area contributed by atoms with E-state index in [-0.39, 0.29) is 0 Å². The summed E-state index contributed by atoms with van der Waals surface area (Å²) in [7, 11) is 1.74. The molecule has 20 heavy (non-hydrogen) atoms. The molecule has 0 fully saturated rings. The van der Waals surface area contributed by atoms with E-state index in [0.29, 0.717) is 12.2 Å². The number of nitrogens with two attached hydrogens (primary N) is 1. The van der Waals surface area contributed by atoms with Gasteiger partial charge in [0.05, 0.1) is 6.61 Å². The van der Waals surface area contributed by atoms with Gasteiger partial charge in [0.2, 0.25) is 5.91 Å². The van der Waals surface area contributed by atoms with Crippen molar-refractivity contribution < 1.29 is 14.3 Å². The molecule has 0 atom stereocenters. The van der Waals surface area contributed by atoms with Crippen molar-refractivity contribution in [2.24, 2.45) is 5.73 Å². The molecule has 0 radical (unpaired) electrons. The maximum absolute atomic E-state index is 10.9. The zero-order valence-electron chi connectivity index (χ0n) is 12.3. The van der Waals surface area contributed by atoms with Crippen molar-refractivity contribution in [2.45, 2.75) is 38.5 Å². The van der Waals surface area contributed by atoms with Gasteiger partial charge in [0.15, 0.2) is 0 Å². The molecule has 2 N–H and O–H groups in total. The fourth-order valence-corrected chi connectivity index (χ4v) is 1.96. The number of benzene rings is 1. The monoisotopic (exact) mass is 279 g/mol. The van der Waals surface area contributed by atoms with Crippen molar-refractivity contribution in [1.82, 2.24) is 0 Å². The Morgan fingerprint density at radius 1 is 0.950 bits per heavy atom. The Balaban J connectivity index is 2.02. The van der Waals surface area contributed by atoms with Crippen molar-refractivity contribution in [3.8, 4) is 5.75 Å². The van der Waals surface area contributed by atoms with Gasteiger partial charge < -0.3 is 15.2 Å². The van der Waals surface area contributed by atoms with Gasteiger partial charge in [0.25, 0.3) is 0 Å². The number of unbranched alkanes of at least 4 members (excludes halogenated alkanes) is 5. The van der Waals surface area contributed by atoms with E-state index < -0.39 is 5.91 Å². The van der Waals surface area contributed by atoms with E-state index >= 15 is 0 Å². The van der Waals surface area contributed by atoms with E-state index in [2.05, 4.69) is 0 Å². The van der Waals surface area contributed by atoms with Crippen LogP contribution in [0.15, 0.2) is 24.3 Å². The third-order valence-corrected chi connectivity index (χ3v) is 3.15. The van der Waals surface area contributed by atoms with Crippen molar-refractivity contribution in [1.29, 1.82) is 0 Å². The number of carbonyl (C=O) groups is 1. The van der Waals surface area contributed by atoms with E-state index in [1.165, 1.54) is 25.7 Å². The van der Waals surface area contributed by atoms with E-state index in [4.69, 9.17) is 15.2 Å². The molecule has 0 aliphatic carbocycles. The summed E-state index contributed by atoms with van der Waals surface area (Å²) in [6, 6.07) is 6.94. The Labute approximate surface area is 121 Å². The van der Waals surface area contributed by atoms with Crippen LogP contribution in [0.3, 0.4) is 0 Å². The molecule has 0 aliphatic heterocycles. The maximum Gasteiger partial charge on any atom is 0.248 e. The SMILES string of the molecule is COCCCCCCCCOc1ccc(C(N)=O)cc1. The van der Waals surface area contributed by atoms with Gasteiger partial charge in [-0.05, 0) is 37.1 Å². The van der Waals surface area contributed by atoms with Crippen LogP contribution in [0.4, 0.5) is 0 Å². The topological polar surface area (TPSA) is 61.6 Å². The first-order valence-corrected chi connectivity index (χ1v) is 7.25. The van der Waals surface area contributed by atoms with E-state index in [9.17, 15) is 4.79 Å². The normalized spacial score (nSPS) is 10.4. The van der Waals surface area contributed by atoms with Crippen LogP contribution in [-0.2, 0) is 4.74 Å². The number of rotatable bonds is 11. The molecule has 1 aromatic carbocycles. The molecule has 1 amide bonds. The number of ether oxygens (including phenoxy) is 2. The van der Waals surface area contributed by atoms with Crippen LogP contribution in [0.25, 0.3) is 0 Å². The molecule has 4 nitrogen and oxygen atoms in total. The Hall–Kier alpha value is -1.55. The van der Waals surface area contributed by atoms with Crippen molar-refractivity contribution in [3.05, 3.63) is 29.8 Å². The molecule has 112 valence electrons. The number of hydrogen-bond acceptors (Lipinski definition) is 3. The minimum atomic E-state index is -0.412. The molecule has 0 saturated carbocycles.